The molecule has 1 aromatic carbocycles. The highest BCUT2D eigenvalue weighted by Gasteiger charge is 2.21. The summed E-state index contributed by atoms with van der Waals surface area (Å²) >= 11 is 0. The Kier molecular flexibility index (Phi) is 3.64. The molecule has 0 aromatic heterocycles. The van der Waals surface area contributed by atoms with E-state index in [0.29, 0.717) is 17.9 Å². The first kappa shape index (κ1) is 11.9. The van der Waals surface area contributed by atoms with Gasteiger partial charge < -0.3 is 15.2 Å². The van der Waals surface area contributed by atoms with Crippen molar-refractivity contribution < 1.29 is 9.47 Å². The van der Waals surface area contributed by atoms with Crippen molar-refractivity contribution in [3.8, 4) is 5.75 Å². The quantitative estimate of drug-likeness (QED) is 0.583. The maximum Gasteiger partial charge on any atom is 0.130 e. The van der Waals surface area contributed by atoms with Crippen LogP contribution in [0.25, 0.3) is 0 Å². The van der Waals surface area contributed by atoms with Crippen LogP contribution in [0.3, 0.4) is 0 Å². The topological polar surface area (TPSA) is 68.3 Å². The van der Waals surface area contributed by atoms with Crippen LogP contribution < -0.4 is 10.5 Å². The highest BCUT2D eigenvalue weighted by atomic mass is 16.5. The van der Waals surface area contributed by atoms with Gasteiger partial charge in [0.25, 0.3) is 0 Å². The van der Waals surface area contributed by atoms with Crippen molar-refractivity contribution in [3.05, 3.63) is 29.3 Å². The lowest BCUT2D eigenvalue weighted by Crippen LogP contribution is -2.12. The van der Waals surface area contributed by atoms with Crippen molar-refractivity contribution >= 4 is 5.84 Å². The maximum absolute atomic E-state index is 7.42. The highest BCUT2D eigenvalue weighted by molar-refractivity contribution is 5.97. The molecule has 1 saturated carbocycles. The Labute approximate surface area is 101 Å². The van der Waals surface area contributed by atoms with E-state index in [9.17, 15) is 0 Å². The molecule has 92 valence electrons. The minimum Gasteiger partial charge on any atom is -0.496 e. The lowest BCUT2D eigenvalue weighted by Gasteiger charge is -2.10. The summed E-state index contributed by atoms with van der Waals surface area (Å²) in [6, 6.07) is 5.60. The van der Waals surface area contributed by atoms with E-state index in [4.69, 9.17) is 20.6 Å². The van der Waals surface area contributed by atoms with Crippen molar-refractivity contribution in [2.45, 2.75) is 19.4 Å². The zero-order chi connectivity index (χ0) is 12.3. The highest BCUT2D eigenvalue weighted by Crippen LogP contribution is 2.29. The normalized spacial score (nSPS) is 14.6. The molecule has 0 unspecified atom stereocenters. The van der Waals surface area contributed by atoms with E-state index >= 15 is 0 Å². The fourth-order valence-corrected chi connectivity index (χ4v) is 1.68. The molecule has 17 heavy (non-hydrogen) atoms. The van der Waals surface area contributed by atoms with Gasteiger partial charge in [0.15, 0.2) is 0 Å². The van der Waals surface area contributed by atoms with Crippen LogP contribution in [0.4, 0.5) is 0 Å². The summed E-state index contributed by atoms with van der Waals surface area (Å²) in [5, 5.41) is 7.42. The summed E-state index contributed by atoms with van der Waals surface area (Å²) in [5.41, 5.74) is 7.13. The number of nitrogens with one attached hydrogen (secondary N) is 1. The molecule has 4 heteroatoms. The molecule has 0 heterocycles. The molecule has 0 amide bonds. The molecule has 1 aliphatic carbocycles. The molecule has 0 radical (unpaired) electrons. The van der Waals surface area contributed by atoms with Crippen molar-refractivity contribution in [1.82, 2.24) is 0 Å². The second kappa shape index (κ2) is 5.19. The minimum absolute atomic E-state index is 0.0206. The van der Waals surface area contributed by atoms with Crippen LogP contribution in [0.15, 0.2) is 18.2 Å². The summed E-state index contributed by atoms with van der Waals surface area (Å²) in [5.74, 6) is 1.42. The van der Waals surface area contributed by atoms with E-state index in [1.54, 1.807) is 13.2 Å². The third kappa shape index (κ3) is 3.20. The van der Waals surface area contributed by atoms with Gasteiger partial charge in [0.1, 0.15) is 11.6 Å². The Hall–Kier alpha value is -1.55. The van der Waals surface area contributed by atoms with Crippen molar-refractivity contribution in [2.75, 3.05) is 13.7 Å². The van der Waals surface area contributed by atoms with E-state index < -0.39 is 0 Å². The predicted octanol–water partition coefficient (Wildman–Crippen LogP) is 1.91. The first-order valence-corrected chi connectivity index (χ1v) is 5.79. The largest absolute Gasteiger partial charge is 0.496 e. The molecule has 1 fully saturated rings. The maximum atomic E-state index is 7.42. The van der Waals surface area contributed by atoms with Crippen LogP contribution in [0, 0.1) is 11.3 Å². The van der Waals surface area contributed by atoms with Crippen molar-refractivity contribution in [2.24, 2.45) is 11.7 Å². The van der Waals surface area contributed by atoms with Gasteiger partial charge >= 0.3 is 0 Å². The van der Waals surface area contributed by atoms with E-state index in [1.807, 2.05) is 12.1 Å². The number of nitrogens with two attached hydrogens (primary N) is 1. The Morgan fingerprint density at radius 1 is 1.47 bits per heavy atom. The predicted molar refractivity (Wildman–Crippen MR) is 66.4 cm³/mol. The molecule has 0 saturated heterocycles. The van der Waals surface area contributed by atoms with Crippen LogP contribution in [0.1, 0.15) is 24.0 Å². The van der Waals surface area contributed by atoms with Crippen LogP contribution in [0.5, 0.6) is 5.75 Å². The number of hydrogen-bond acceptors (Lipinski definition) is 3. The van der Waals surface area contributed by atoms with E-state index in [0.717, 1.165) is 18.1 Å². The fourth-order valence-electron chi connectivity index (χ4n) is 1.68. The van der Waals surface area contributed by atoms with Crippen LogP contribution >= 0.6 is 0 Å². The third-order valence-electron chi connectivity index (χ3n) is 2.88. The molecule has 0 spiro atoms. The van der Waals surface area contributed by atoms with Gasteiger partial charge in [0.05, 0.1) is 19.3 Å². The molecule has 0 bridgehead atoms. The average Bonchev–Trinajstić information content (AvgIpc) is 3.12. The third-order valence-corrected chi connectivity index (χ3v) is 2.88. The lowest BCUT2D eigenvalue weighted by molar-refractivity contribution is 0.111. The minimum atomic E-state index is 0.0206. The van der Waals surface area contributed by atoms with Gasteiger partial charge in [-0.1, -0.05) is 6.07 Å². The fraction of sp³-hybridized carbons (Fsp3) is 0.462. The Morgan fingerprint density at radius 2 is 2.24 bits per heavy atom. The first-order valence-electron chi connectivity index (χ1n) is 5.79. The van der Waals surface area contributed by atoms with Crippen LogP contribution in [-0.4, -0.2) is 19.6 Å². The monoisotopic (exact) mass is 234 g/mol. The van der Waals surface area contributed by atoms with Gasteiger partial charge in [0, 0.05) is 6.61 Å². The molecule has 4 nitrogen and oxygen atoms in total. The standard InChI is InChI=1S/C13H18N2O2/c1-16-12-6-10(4-5-11(12)13(14)15)8-17-7-9-2-3-9/h4-6,9H,2-3,7-8H2,1H3,(H3,14,15). The number of hydrogen-bond donors (Lipinski definition) is 2. The number of ether oxygens (including phenoxy) is 2. The number of amidine groups is 1. The van der Waals surface area contributed by atoms with E-state index in [2.05, 4.69) is 0 Å². The molecular weight excluding hydrogens is 216 g/mol. The SMILES string of the molecule is COc1cc(COCC2CC2)ccc1C(=N)N. The molecule has 1 aliphatic rings. The lowest BCUT2D eigenvalue weighted by atomic mass is 10.1. The zero-order valence-corrected chi connectivity index (χ0v) is 10.0. The molecule has 1 aromatic rings. The number of nitrogen functional groups attached to an aromatic ring is 1. The molecule has 0 aliphatic heterocycles. The summed E-state index contributed by atoms with van der Waals surface area (Å²) in [6.07, 6.45) is 2.60. The molecule has 2 rings (SSSR count). The summed E-state index contributed by atoms with van der Waals surface area (Å²) in [4.78, 5) is 0. The van der Waals surface area contributed by atoms with Crippen LogP contribution in [0.2, 0.25) is 0 Å². The molecule has 0 atom stereocenters. The average molecular weight is 234 g/mol. The van der Waals surface area contributed by atoms with Crippen molar-refractivity contribution in [3.63, 3.8) is 0 Å². The number of methoxy groups -OCH3 is 1. The van der Waals surface area contributed by atoms with Gasteiger partial charge in [0.2, 0.25) is 0 Å². The van der Waals surface area contributed by atoms with Crippen molar-refractivity contribution in [1.29, 1.82) is 5.41 Å². The van der Waals surface area contributed by atoms with E-state index in [-0.39, 0.29) is 5.84 Å². The Bertz CT molecular complexity index is 414. The first-order chi connectivity index (χ1) is 8.20. The molecule has 3 N–H and O–H groups in total. The molecular formula is C13H18N2O2. The van der Waals surface area contributed by atoms with Gasteiger partial charge in [-0.15, -0.1) is 0 Å². The van der Waals surface area contributed by atoms with Gasteiger partial charge in [-0.25, -0.2) is 0 Å². The summed E-state index contributed by atoms with van der Waals surface area (Å²) in [6.45, 7) is 1.43. The van der Waals surface area contributed by atoms with E-state index in [1.165, 1.54) is 12.8 Å². The second-order valence-corrected chi connectivity index (χ2v) is 4.41. The van der Waals surface area contributed by atoms with Gasteiger partial charge in [-0.2, -0.15) is 0 Å². The summed E-state index contributed by atoms with van der Waals surface area (Å²) in [7, 11) is 1.58. The number of rotatable bonds is 6. The van der Waals surface area contributed by atoms with Gasteiger partial charge in [-0.3, -0.25) is 5.41 Å². The zero-order valence-electron chi connectivity index (χ0n) is 10.0. The number of benzene rings is 1. The Balaban J connectivity index is 1.99. The van der Waals surface area contributed by atoms with Crippen LogP contribution in [-0.2, 0) is 11.3 Å². The van der Waals surface area contributed by atoms with Gasteiger partial charge in [-0.05, 0) is 36.5 Å². The second-order valence-electron chi connectivity index (χ2n) is 4.41. The summed E-state index contributed by atoms with van der Waals surface area (Å²) < 4.78 is 10.8. The Morgan fingerprint density at radius 3 is 2.82 bits per heavy atom. The smallest absolute Gasteiger partial charge is 0.130 e.